The van der Waals surface area contributed by atoms with Crippen LogP contribution < -0.4 is 5.73 Å². The lowest BCUT2D eigenvalue weighted by molar-refractivity contribution is 0.964. The summed E-state index contributed by atoms with van der Waals surface area (Å²) < 4.78 is 1.12. The van der Waals surface area contributed by atoms with Gasteiger partial charge in [-0.05, 0) is 48.2 Å². The molecule has 0 bridgehead atoms. The molecule has 2 heteroatoms. The Balaban J connectivity index is 2.12. The molecule has 0 aromatic heterocycles. The third-order valence-electron chi connectivity index (χ3n) is 2.75. The number of hydrogen-bond donors (Lipinski definition) is 1. The largest absolute Gasteiger partial charge is 0.330 e. The summed E-state index contributed by atoms with van der Waals surface area (Å²) in [6.45, 7) is 0.710. The minimum atomic E-state index is 0.710. The van der Waals surface area contributed by atoms with Crippen LogP contribution in [0.15, 0.2) is 53.0 Å². The Bertz CT molecular complexity index is 477. The average molecular weight is 290 g/mol. The lowest BCUT2D eigenvalue weighted by Crippen LogP contribution is -2.02. The van der Waals surface area contributed by atoms with E-state index >= 15 is 0 Å². The maximum atomic E-state index is 5.57. The van der Waals surface area contributed by atoms with Crippen molar-refractivity contribution in [1.29, 1.82) is 0 Å². The van der Waals surface area contributed by atoms with Gasteiger partial charge in [-0.2, -0.15) is 0 Å². The maximum Gasteiger partial charge on any atom is 0.0175 e. The van der Waals surface area contributed by atoms with Crippen LogP contribution in [0.2, 0.25) is 0 Å². The Labute approximate surface area is 111 Å². The number of nitrogens with two attached hydrogens (primary N) is 1. The van der Waals surface area contributed by atoms with Crippen LogP contribution in [0.1, 0.15) is 16.7 Å². The molecule has 2 rings (SSSR count). The van der Waals surface area contributed by atoms with E-state index in [9.17, 15) is 0 Å². The Morgan fingerprint density at radius 3 is 2.29 bits per heavy atom. The highest BCUT2D eigenvalue weighted by molar-refractivity contribution is 9.10. The van der Waals surface area contributed by atoms with E-state index in [0.717, 1.165) is 17.3 Å². The topological polar surface area (TPSA) is 26.0 Å². The molecule has 0 spiro atoms. The zero-order chi connectivity index (χ0) is 12.1. The number of benzene rings is 2. The smallest absolute Gasteiger partial charge is 0.0175 e. The molecule has 88 valence electrons. The number of rotatable bonds is 4. The van der Waals surface area contributed by atoms with Crippen molar-refractivity contribution in [1.82, 2.24) is 0 Å². The summed E-state index contributed by atoms with van der Waals surface area (Å²) in [5.41, 5.74) is 9.57. The van der Waals surface area contributed by atoms with Crippen molar-refractivity contribution >= 4 is 15.9 Å². The molecule has 0 aliphatic carbocycles. The van der Waals surface area contributed by atoms with Crippen molar-refractivity contribution in [2.45, 2.75) is 12.8 Å². The molecular weight excluding hydrogens is 274 g/mol. The van der Waals surface area contributed by atoms with E-state index < -0.39 is 0 Å². The van der Waals surface area contributed by atoms with Crippen LogP contribution in [0.3, 0.4) is 0 Å². The van der Waals surface area contributed by atoms with Crippen molar-refractivity contribution in [3.8, 4) is 0 Å². The summed E-state index contributed by atoms with van der Waals surface area (Å²) in [6, 6.07) is 17.1. The fourth-order valence-corrected chi connectivity index (χ4v) is 2.16. The molecule has 0 heterocycles. The van der Waals surface area contributed by atoms with Gasteiger partial charge in [0.15, 0.2) is 0 Å². The first-order valence-electron chi connectivity index (χ1n) is 5.80. The predicted octanol–water partition coefficient (Wildman–Crippen LogP) is 3.54. The van der Waals surface area contributed by atoms with Gasteiger partial charge in [0.2, 0.25) is 0 Å². The Hall–Kier alpha value is -1.12. The van der Waals surface area contributed by atoms with Gasteiger partial charge in [0.25, 0.3) is 0 Å². The van der Waals surface area contributed by atoms with E-state index in [-0.39, 0.29) is 0 Å². The van der Waals surface area contributed by atoms with Gasteiger partial charge >= 0.3 is 0 Å². The first-order chi connectivity index (χ1) is 8.28. The van der Waals surface area contributed by atoms with Crippen LogP contribution in [-0.2, 0) is 12.8 Å². The van der Waals surface area contributed by atoms with Gasteiger partial charge in [-0.3, -0.25) is 0 Å². The van der Waals surface area contributed by atoms with Gasteiger partial charge in [0, 0.05) is 4.47 Å². The first kappa shape index (κ1) is 12.3. The molecule has 0 radical (unpaired) electrons. The highest BCUT2D eigenvalue weighted by atomic mass is 79.9. The zero-order valence-corrected chi connectivity index (χ0v) is 11.3. The SMILES string of the molecule is NCCc1cccc(Cc2ccc(Br)cc2)c1. The lowest BCUT2D eigenvalue weighted by atomic mass is 10.0. The minimum Gasteiger partial charge on any atom is -0.330 e. The molecule has 0 fully saturated rings. The third kappa shape index (κ3) is 3.69. The summed E-state index contributed by atoms with van der Waals surface area (Å²) in [6.07, 6.45) is 1.93. The van der Waals surface area contributed by atoms with Crippen LogP contribution in [-0.4, -0.2) is 6.54 Å². The molecule has 17 heavy (non-hydrogen) atoms. The number of hydrogen-bond acceptors (Lipinski definition) is 1. The lowest BCUT2D eigenvalue weighted by Gasteiger charge is -2.05. The van der Waals surface area contributed by atoms with Gasteiger partial charge in [-0.1, -0.05) is 52.3 Å². The fraction of sp³-hybridized carbons (Fsp3) is 0.200. The van der Waals surface area contributed by atoms with Crippen LogP contribution in [0.4, 0.5) is 0 Å². The molecule has 0 saturated carbocycles. The molecule has 0 aliphatic rings. The normalized spacial score (nSPS) is 10.5. The van der Waals surface area contributed by atoms with Crippen LogP contribution >= 0.6 is 15.9 Å². The van der Waals surface area contributed by atoms with Gasteiger partial charge in [-0.25, -0.2) is 0 Å². The summed E-state index contributed by atoms with van der Waals surface area (Å²) in [7, 11) is 0. The second-order valence-corrected chi connectivity index (χ2v) is 5.08. The van der Waals surface area contributed by atoms with Gasteiger partial charge < -0.3 is 5.73 Å². The van der Waals surface area contributed by atoms with Crippen molar-refractivity contribution in [2.24, 2.45) is 5.73 Å². The van der Waals surface area contributed by atoms with Crippen molar-refractivity contribution in [3.05, 3.63) is 69.7 Å². The average Bonchev–Trinajstić information content (AvgIpc) is 2.33. The predicted molar refractivity (Wildman–Crippen MR) is 76.1 cm³/mol. The van der Waals surface area contributed by atoms with E-state index in [1.54, 1.807) is 0 Å². The number of halogens is 1. The summed E-state index contributed by atoms with van der Waals surface area (Å²) in [5.74, 6) is 0. The van der Waals surface area contributed by atoms with E-state index in [4.69, 9.17) is 5.73 Å². The Kier molecular flexibility index (Phi) is 4.35. The molecule has 0 unspecified atom stereocenters. The second-order valence-electron chi connectivity index (χ2n) is 4.16. The standard InChI is InChI=1S/C15H16BrN/c16-15-6-4-13(5-7-15)11-14-3-1-2-12(10-14)8-9-17/h1-7,10H,8-9,11,17H2. The van der Waals surface area contributed by atoms with Gasteiger partial charge in [-0.15, -0.1) is 0 Å². The van der Waals surface area contributed by atoms with Crippen molar-refractivity contribution in [2.75, 3.05) is 6.54 Å². The molecule has 1 nitrogen and oxygen atoms in total. The Morgan fingerprint density at radius 2 is 1.59 bits per heavy atom. The Morgan fingerprint density at radius 1 is 0.882 bits per heavy atom. The van der Waals surface area contributed by atoms with Gasteiger partial charge in [0.1, 0.15) is 0 Å². The molecule has 2 N–H and O–H groups in total. The quantitative estimate of drug-likeness (QED) is 0.915. The first-order valence-corrected chi connectivity index (χ1v) is 6.59. The highest BCUT2D eigenvalue weighted by Crippen LogP contribution is 2.15. The summed E-state index contributed by atoms with van der Waals surface area (Å²) in [5, 5.41) is 0. The van der Waals surface area contributed by atoms with Crippen LogP contribution in [0.25, 0.3) is 0 Å². The van der Waals surface area contributed by atoms with Crippen molar-refractivity contribution in [3.63, 3.8) is 0 Å². The van der Waals surface area contributed by atoms with Crippen LogP contribution in [0.5, 0.6) is 0 Å². The molecule has 2 aromatic carbocycles. The molecule has 0 atom stereocenters. The molecule has 2 aromatic rings. The highest BCUT2D eigenvalue weighted by Gasteiger charge is 1.98. The molecule has 0 amide bonds. The summed E-state index contributed by atoms with van der Waals surface area (Å²) >= 11 is 3.45. The van der Waals surface area contributed by atoms with E-state index in [2.05, 4.69) is 64.5 Å². The molecule has 0 aliphatic heterocycles. The third-order valence-corrected chi connectivity index (χ3v) is 3.27. The summed E-state index contributed by atoms with van der Waals surface area (Å²) in [4.78, 5) is 0. The maximum absolute atomic E-state index is 5.57. The zero-order valence-electron chi connectivity index (χ0n) is 9.70. The van der Waals surface area contributed by atoms with Crippen LogP contribution in [0, 0.1) is 0 Å². The second kappa shape index (κ2) is 5.99. The van der Waals surface area contributed by atoms with E-state index in [0.29, 0.717) is 6.54 Å². The van der Waals surface area contributed by atoms with E-state index in [1.807, 2.05) is 0 Å². The monoisotopic (exact) mass is 289 g/mol. The van der Waals surface area contributed by atoms with E-state index in [1.165, 1.54) is 16.7 Å². The van der Waals surface area contributed by atoms with Gasteiger partial charge in [0.05, 0.1) is 0 Å². The van der Waals surface area contributed by atoms with Crippen molar-refractivity contribution < 1.29 is 0 Å². The minimum absolute atomic E-state index is 0.710. The fourth-order valence-electron chi connectivity index (χ4n) is 1.90. The molecular formula is C15H16BrN. The molecule has 0 saturated heterocycles.